The van der Waals surface area contributed by atoms with Crippen LogP contribution in [0.5, 0.6) is 0 Å². The zero-order chi connectivity index (χ0) is 11.7. The van der Waals surface area contributed by atoms with E-state index in [1.165, 1.54) is 22.7 Å². The minimum atomic E-state index is -1.08. The van der Waals surface area contributed by atoms with Crippen LogP contribution in [0.3, 0.4) is 0 Å². The number of halogens is 1. The van der Waals surface area contributed by atoms with Crippen LogP contribution >= 0.6 is 0 Å². The molecule has 0 bridgehead atoms. The molecule has 0 saturated carbocycles. The Labute approximate surface area is 91.4 Å². The van der Waals surface area contributed by atoms with E-state index in [4.69, 9.17) is 5.11 Å². The first-order valence-corrected chi connectivity index (χ1v) is 5.04. The fourth-order valence-electron chi connectivity index (χ4n) is 1.72. The Balaban J connectivity index is 2.75. The highest BCUT2D eigenvalue weighted by molar-refractivity contribution is 5.88. The average Bonchev–Trinajstić information content (AvgIpc) is 2.58. The van der Waals surface area contributed by atoms with E-state index in [0.29, 0.717) is 12.1 Å². The zero-order valence-electron chi connectivity index (χ0n) is 8.77. The molecule has 0 aliphatic heterocycles. The number of pyridine rings is 1. The Kier molecular flexibility index (Phi) is 2.60. The fraction of sp³-hybridized carbons (Fsp3) is 0.273. The van der Waals surface area contributed by atoms with E-state index in [0.717, 1.165) is 6.42 Å². The first-order chi connectivity index (χ1) is 7.65. The van der Waals surface area contributed by atoms with Gasteiger partial charge in [-0.1, -0.05) is 13.3 Å². The predicted octanol–water partition coefficient (Wildman–Crippen LogP) is 2.12. The molecule has 0 saturated heterocycles. The first-order valence-electron chi connectivity index (χ1n) is 5.04. The van der Waals surface area contributed by atoms with E-state index in [1.54, 1.807) is 0 Å². The molecule has 0 aliphatic rings. The third-order valence-electron chi connectivity index (χ3n) is 2.36. The maximum Gasteiger partial charge on any atom is 0.354 e. The van der Waals surface area contributed by atoms with Crippen molar-refractivity contribution in [3.8, 4) is 0 Å². The second-order valence-electron chi connectivity index (χ2n) is 3.51. The number of carboxylic acids is 1. The SMILES string of the molecule is CCCc1nc2c(F)cccn2c1C(=O)O. The summed E-state index contributed by atoms with van der Waals surface area (Å²) < 4.78 is 14.7. The van der Waals surface area contributed by atoms with Crippen molar-refractivity contribution in [2.45, 2.75) is 19.8 Å². The molecular formula is C11H11FN2O2. The average molecular weight is 222 g/mol. The van der Waals surface area contributed by atoms with E-state index >= 15 is 0 Å². The summed E-state index contributed by atoms with van der Waals surface area (Å²) in [5.74, 6) is -1.59. The van der Waals surface area contributed by atoms with Gasteiger partial charge in [-0.2, -0.15) is 0 Å². The zero-order valence-corrected chi connectivity index (χ0v) is 8.77. The molecule has 0 spiro atoms. The Hall–Kier alpha value is -1.91. The molecule has 0 radical (unpaired) electrons. The van der Waals surface area contributed by atoms with Gasteiger partial charge in [0.25, 0.3) is 0 Å². The summed E-state index contributed by atoms with van der Waals surface area (Å²) in [6, 6.07) is 2.73. The Morgan fingerprint density at radius 1 is 1.62 bits per heavy atom. The van der Waals surface area contributed by atoms with Gasteiger partial charge in [0.1, 0.15) is 0 Å². The van der Waals surface area contributed by atoms with Crippen molar-refractivity contribution in [2.24, 2.45) is 0 Å². The molecule has 2 aromatic heterocycles. The molecule has 84 valence electrons. The molecule has 1 N–H and O–H groups in total. The van der Waals surface area contributed by atoms with Crippen LogP contribution in [0.25, 0.3) is 5.65 Å². The van der Waals surface area contributed by atoms with E-state index in [2.05, 4.69) is 4.98 Å². The number of fused-ring (bicyclic) bond motifs is 1. The highest BCUT2D eigenvalue weighted by Gasteiger charge is 2.19. The lowest BCUT2D eigenvalue weighted by Crippen LogP contribution is -2.05. The summed E-state index contributed by atoms with van der Waals surface area (Å²) >= 11 is 0. The van der Waals surface area contributed by atoms with Crippen LogP contribution < -0.4 is 0 Å². The molecule has 0 fully saturated rings. The van der Waals surface area contributed by atoms with Crippen molar-refractivity contribution < 1.29 is 14.3 Å². The minimum absolute atomic E-state index is 0.0522. The molecular weight excluding hydrogens is 211 g/mol. The van der Waals surface area contributed by atoms with Crippen LogP contribution in [-0.2, 0) is 6.42 Å². The topological polar surface area (TPSA) is 54.6 Å². The molecule has 0 atom stereocenters. The van der Waals surface area contributed by atoms with Crippen molar-refractivity contribution in [3.05, 3.63) is 35.5 Å². The number of rotatable bonds is 3. The first kappa shape index (κ1) is 10.6. The quantitative estimate of drug-likeness (QED) is 0.865. The molecule has 0 aromatic carbocycles. The summed E-state index contributed by atoms with van der Waals surface area (Å²) in [6.45, 7) is 1.92. The lowest BCUT2D eigenvalue weighted by Gasteiger charge is -1.98. The fourth-order valence-corrected chi connectivity index (χ4v) is 1.72. The van der Waals surface area contributed by atoms with Crippen LogP contribution in [0.15, 0.2) is 18.3 Å². The second kappa shape index (κ2) is 3.92. The predicted molar refractivity (Wildman–Crippen MR) is 56.1 cm³/mol. The lowest BCUT2D eigenvalue weighted by atomic mass is 10.2. The maximum atomic E-state index is 13.4. The number of aromatic carboxylic acids is 1. The van der Waals surface area contributed by atoms with Gasteiger partial charge >= 0.3 is 5.97 Å². The molecule has 0 unspecified atom stereocenters. The van der Waals surface area contributed by atoms with Crippen LogP contribution in [0.4, 0.5) is 4.39 Å². The van der Waals surface area contributed by atoms with E-state index in [9.17, 15) is 9.18 Å². The molecule has 0 aliphatic carbocycles. The highest BCUT2D eigenvalue weighted by atomic mass is 19.1. The van der Waals surface area contributed by atoms with Crippen LogP contribution in [0, 0.1) is 5.82 Å². The van der Waals surface area contributed by atoms with Crippen LogP contribution in [0.1, 0.15) is 29.5 Å². The monoisotopic (exact) mass is 222 g/mol. The number of imidazole rings is 1. The van der Waals surface area contributed by atoms with Crippen molar-refractivity contribution in [2.75, 3.05) is 0 Å². The van der Waals surface area contributed by atoms with Gasteiger partial charge in [0.15, 0.2) is 17.2 Å². The summed E-state index contributed by atoms with van der Waals surface area (Å²) in [7, 11) is 0. The van der Waals surface area contributed by atoms with Crippen LogP contribution in [-0.4, -0.2) is 20.5 Å². The van der Waals surface area contributed by atoms with Gasteiger partial charge in [-0.25, -0.2) is 14.2 Å². The van der Waals surface area contributed by atoms with Gasteiger partial charge in [0.05, 0.1) is 5.69 Å². The van der Waals surface area contributed by atoms with Gasteiger partial charge < -0.3 is 5.11 Å². The van der Waals surface area contributed by atoms with E-state index < -0.39 is 11.8 Å². The third-order valence-corrected chi connectivity index (χ3v) is 2.36. The van der Waals surface area contributed by atoms with Gasteiger partial charge in [-0.3, -0.25) is 4.40 Å². The summed E-state index contributed by atoms with van der Waals surface area (Å²) in [5, 5.41) is 9.09. The summed E-state index contributed by atoms with van der Waals surface area (Å²) in [5.41, 5.74) is 0.555. The van der Waals surface area contributed by atoms with Crippen molar-refractivity contribution in [3.63, 3.8) is 0 Å². The molecule has 2 rings (SSSR count). The van der Waals surface area contributed by atoms with Crippen molar-refractivity contribution in [1.29, 1.82) is 0 Å². The third kappa shape index (κ3) is 1.54. The number of carboxylic acid groups (broad SMARTS) is 1. The Bertz CT molecular complexity index is 548. The molecule has 2 aromatic rings. The standard InChI is InChI=1S/C11H11FN2O2/c1-2-4-8-9(11(15)16)14-6-3-5-7(12)10(14)13-8/h3,5-6H,2,4H2,1H3,(H,15,16). The number of aromatic nitrogens is 2. The normalized spacial score (nSPS) is 10.9. The highest BCUT2D eigenvalue weighted by Crippen LogP contribution is 2.16. The Morgan fingerprint density at radius 2 is 2.38 bits per heavy atom. The molecule has 2 heterocycles. The van der Waals surface area contributed by atoms with Gasteiger partial charge in [0, 0.05) is 6.20 Å². The summed E-state index contributed by atoms with van der Waals surface area (Å²) in [4.78, 5) is 15.1. The minimum Gasteiger partial charge on any atom is -0.477 e. The van der Waals surface area contributed by atoms with Gasteiger partial charge in [-0.15, -0.1) is 0 Å². The number of hydrogen-bond donors (Lipinski definition) is 1. The number of hydrogen-bond acceptors (Lipinski definition) is 2. The number of nitrogens with zero attached hydrogens (tertiary/aromatic N) is 2. The molecule has 4 nitrogen and oxygen atoms in total. The van der Waals surface area contributed by atoms with Gasteiger partial charge in [-0.05, 0) is 18.6 Å². The summed E-state index contributed by atoms with van der Waals surface area (Å²) in [6.07, 6.45) is 2.81. The van der Waals surface area contributed by atoms with Gasteiger partial charge in [0.2, 0.25) is 0 Å². The largest absolute Gasteiger partial charge is 0.477 e. The maximum absolute atomic E-state index is 13.4. The van der Waals surface area contributed by atoms with Crippen LogP contribution in [0.2, 0.25) is 0 Å². The lowest BCUT2D eigenvalue weighted by molar-refractivity contribution is 0.0688. The second-order valence-corrected chi connectivity index (χ2v) is 3.51. The Morgan fingerprint density at radius 3 is 3.00 bits per heavy atom. The number of aryl methyl sites for hydroxylation is 1. The van der Waals surface area contributed by atoms with Crippen molar-refractivity contribution >= 4 is 11.6 Å². The molecule has 5 heteroatoms. The van der Waals surface area contributed by atoms with E-state index in [1.807, 2.05) is 6.92 Å². The van der Waals surface area contributed by atoms with E-state index in [-0.39, 0.29) is 11.3 Å². The smallest absolute Gasteiger partial charge is 0.354 e. The number of carbonyl (C=O) groups is 1. The molecule has 16 heavy (non-hydrogen) atoms. The molecule has 0 amide bonds. The van der Waals surface area contributed by atoms with Crippen molar-refractivity contribution in [1.82, 2.24) is 9.38 Å².